The van der Waals surface area contributed by atoms with Gasteiger partial charge >= 0.3 is 0 Å². The molecule has 0 bridgehead atoms. The summed E-state index contributed by atoms with van der Waals surface area (Å²) in [6.45, 7) is 3.98. The lowest BCUT2D eigenvalue weighted by molar-refractivity contribution is -0.128. The van der Waals surface area contributed by atoms with Gasteiger partial charge in [0.05, 0.1) is 12.1 Å². The number of amides is 2. The number of nitrogens with one attached hydrogen (secondary N) is 2. The van der Waals surface area contributed by atoms with E-state index in [1.54, 1.807) is 6.07 Å². The molecule has 0 spiro atoms. The molecule has 2 N–H and O–H groups in total. The lowest BCUT2D eigenvalue weighted by Crippen LogP contribution is -2.39. The molecule has 1 unspecified atom stereocenters. The summed E-state index contributed by atoms with van der Waals surface area (Å²) in [5, 5.41) is 14.7. The van der Waals surface area contributed by atoms with Crippen LogP contribution in [0.2, 0.25) is 0 Å². The smallest absolute Gasteiger partial charge is 0.266 e. The number of hydrogen-bond donors (Lipinski definition) is 2. The molecule has 1 aliphatic heterocycles. The Kier molecular flexibility index (Phi) is 4.75. The van der Waals surface area contributed by atoms with Crippen LogP contribution in [0.5, 0.6) is 5.75 Å². The van der Waals surface area contributed by atoms with Gasteiger partial charge in [-0.15, -0.1) is 10.2 Å². The Labute approximate surface area is 143 Å². The first-order valence-electron chi connectivity index (χ1n) is 7.75. The molecule has 8 heteroatoms. The van der Waals surface area contributed by atoms with Crippen LogP contribution in [0.1, 0.15) is 30.3 Å². The van der Waals surface area contributed by atoms with Gasteiger partial charge in [0.2, 0.25) is 11.0 Å². The number of fused-ring (bicyclic) bond motifs is 1. The minimum atomic E-state index is -0.858. The highest BCUT2D eigenvalue weighted by Gasteiger charge is 2.30. The van der Waals surface area contributed by atoms with E-state index in [2.05, 4.69) is 27.8 Å². The topological polar surface area (TPSA) is 93.2 Å². The third-order valence-electron chi connectivity index (χ3n) is 3.50. The molecule has 7 nitrogen and oxygen atoms in total. The standard InChI is InChI=1S/C16H18N4O3S/c1-3-4-14-19-20-16(24-14)18-13(21)8-12-15(22)17-10-7-9(2)5-6-11(10)23-12/h5-7,12H,3-4,8H2,1-2H3,(H,17,22)(H,18,20,21). The van der Waals surface area contributed by atoms with Gasteiger partial charge in [-0.25, -0.2) is 0 Å². The second kappa shape index (κ2) is 6.96. The Morgan fingerprint density at radius 3 is 3.04 bits per heavy atom. The second-order valence-corrected chi connectivity index (χ2v) is 6.66. The molecule has 0 saturated heterocycles. The van der Waals surface area contributed by atoms with Crippen LogP contribution in [0.15, 0.2) is 18.2 Å². The van der Waals surface area contributed by atoms with Crippen molar-refractivity contribution in [3.63, 3.8) is 0 Å². The third kappa shape index (κ3) is 3.70. The molecule has 0 aliphatic carbocycles. The van der Waals surface area contributed by atoms with Crippen LogP contribution in [0.4, 0.5) is 10.8 Å². The highest BCUT2D eigenvalue weighted by Crippen LogP contribution is 2.31. The van der Waals surface area contributed by atoms with Crippen LogP contribution in [0, 0.1) is 6.92 Å². The van der Waals surface area contributed by atoms with Crippen molar-refractivity contribution >= 4 is 34.0 Å². The van der Waals surface area contributed by atoms with Gasteiger partial charge in [0.1, 0.15) is 10.8 Å². The van der Waals surface area contributed by atoms with Crippen LogP contribution in [-0.2, 0) is 16.0 Å². The zero-order valence-electron chi connectivity index (χ0n) is 13.5. The minimum absolute atomic E-state index is 0.0815. The fourth-order valence-electron chi connectivity index (χ4n) is 2.36. The summed E-state index contributed by atoms with van der Waals surface area (Å²) in [7, 11) is 0. The van der Waals surface area contributed by atoms with Crippen LogP contribution in [-0.4, -0.2) is 28.1 Å². The van der Waals surface area contributed by atoms with Gasteiger partial charge in [0.25, 0.3) is 5.91 Å². The van der Waals surface area contributed by atoms with Gasteiger partial charge in [-0.05, 0) is 31.0 Å². The molecule has 2 aromatic rings. The number of benzene rings is 1. The highest BCUT2D eigenvalue weighted by atomic mass is 32.1. The number of hydrogen-bond acceptors (Lipinski definition) is 6. The van der Waals surface area contributed by atoms with Crippen molar-refractivity contribution in [1.82, 2.24) is 10.2 Å². The average Bonchev–Trinajstić information content (AvgIpc) is 2.95. The number of carbonyl (C=O) groups is 2. The molecule has 1 atom stereocenters. The summed E-state index contributed by atoms with van der Waals surface area (Å²) in [5.41, 5.74) is 1.65. The summed E-state index contributed by atoms with van der Waals surface area (Å²) >= 11 is 1.34. The summed E-state index contributed by atoms with van der Waals surface area (Å²) in [5.74, 6) is -0.0868. The Hall–Kier alpha value is -2.48. The molecule has 24 heavy (non-hydrogen) atoms. The van der Waals surface area contributed by atoms with Crippen molar-refractivity contribution < 1.29 is 14.3 Å². The monoisotopic (exact) mass is 346 g/mol. The van der Waals surface area contributed by atoms with E-state index >= 15 is 0 Å². The summed E-state index contributed by atoms with van der Waals surface area (Å²) in [6.07, 6.45) is 0.861. The third-order valence-corrected chi connectivity index (χ3v) is 4.40. The Bertz CT molecular complexity index is 774. The van der Waals surface area contributed by atoms with Crippen molar-refractivity contribution in [2.45, 2.75) is 39.2 Å². The zero-order chi connectivity index (χ0) is 17.1. The van der Waals surface area contributed by atoms with E-state index in [-0.39, 0.29) is 18.2 Å². The molecular formula is C16H18N4O3S. The zero-order valence-corrected chi connectivity index (χ0v) is 14.3. The van der Waals surface area contributed by atoms with E-state index in [0.29, 0.717) is 16.6 Å². The van der Waals surface area contributed by atoms with Crippen LogP contribution in [0.25, 0.3) is 0 Å². The molecule has 0 fully saturated rings. The van der Waals surface area contributed by atoms with Crippen LogP contribution < -0.4 is 15.4 Å². The van der Waals surface area contributed by atoms with Gasteiger partial charge < -0.3 is 15.4 Å². The normalized spacial score (nSPS) is 16.1. The van der Waals surface area contributed by atoms with Crippen molar-refractivity contribution in [3.8, 4) is 5.75 Å². The van der Waals surface area contributed by atoms with Gasteiger partial charge in [-0.1, -0.05) is 24.3 Å². The molecule has 1 aliphatic rings. The maximum absolute atomic E-state index is 12.1. The van der Waals surface area contributed by atoms with Crippen molar-refractivity contribution in [3.05, 3.63) is 28.8 Å². The van der Waals surface area contributed by atoms with E-state index in [4.69, 9.17) is 4.74 Å². The largest absolute Gasteiger partial charge is 0.478 e. The molecule has 3 rings (SSSR count). The second-order valence-electron chi connectivity index (χ2n) is 5.60. The Morgan fingerprint density at radius 2 is 2.25 bits per heavy atom. The first-order valence-corrected chi connectivity index (χ1v) is 8.57. The minimum Gasteiger partial charge on any atom is -0.478 e. The first kappa shape index (κ1) is 16.4. The average molecular weight is 346 g/mol. The lowest BCUT2D eigenvalue weighted by atomic mass is 10.1. The molecule has 2 amide bonds. The van der Waals surface area contributed by atoms with E-state index in [9.17, 15) is 9.59 Å². The maximum Gasteiger partial charge on any atom is 0.266 e. The van der Waals surface area contributed by atoms with Crippen LogP contribution in [0.3, 0.4) is 0 Å². The number of anilines is 2. The van der Waals surface area contributed by atoms with Gasteiger partial charge in [0, 0.05) is 6.42 Å². The number of aryl methyl sites for hydroxylation is 2. The number of rotatable bonds is 5. The van der Waals surface area contributed by atoms with E-state index in [0.717, 1.165) is 23.4 Å². The lowest BCUT2D eigenvalue weighted by Gasteiger charge is -2.25. The number of aromatic nitrogens is 2. The summed E-state index contributed by atoms with van der Waals surface area (Å²) in [4.78, 5) is 24.2. The first-order chi connectivity index (χ1) is 11.5. The SMILES string of the molecule is CCCc1nnc(NC(=O)CC2Oc3ccc(C)cc3NC2=O)s1. The molecule has 1 aromatic carbocycles. The molecule has 0 radical (unpaired) electrons. The highest BCUT2D eigenvalue weighted by molar-refractivity contribution is 7.15. The van der Waals surface area contributed by atoms with E-state index < -0.39 is 6.10 Å². The number of ether oxygens (including phenoxy) is 1. The van der Waals surface area contributed by atoms with E-state index in [1.165, 1.54) is 11.3 Å². The summed E-state index contributed by atoms with van der Waals surface area (Å²) in [6, 6.07) is 5.51. The van der Waals surface area contributed by atoms with Gasteiger partial charge in [-0.3, -0.25) is 9.59 Å². The molecule has 2 heterocycles. The fraction of sp³-hybridized carbons (Fsp3) is 0.375. The predicted molar refractivity (Wildman–Crippen MR) is 91.4 cm³/mol. The number of carbonyl (C=O) groups excluding carboxylic acids is 2. The molecule has 0 saturated carbocycles. The quantitative estimate of drug-likeness (QED) is 0.868. The van der Waals surface area contributed by atoms with Crippen molar-refractivity contribution in [1.29, 1.82) is 0 Å². The Morgan fingerprint density at radius 1 is 1.42 bits per heavy atom. The summed E-state index contributed by atoms with van der Waals surface area (Å²) < 4.78 is 5.65. The van der Waals surface area contributed by atoms with Gasteiger partial charge in [0.15, 0.2) is 6.10 Å². The maximum atomic E-state index is 12.1. The molecule has 126 valence electrons. The predicted octanol–water partition coefficient (Wildman–Crippen LogP) is 2.53. The number of nitrogens with zero attached hydrogens (tertiary/aromatic N) is 2. The Balaban J connectivity index is 1.61. The van der Waals surface area contributed by atoms with Crippen LogP contribution >= 0.6 is 11.3 Å². The molecular weight excluding hydrogens is 328 g/mol. The van der Waals surface area contributed by atoms with Crippen molar-refractivity contribution in [2.75, 3.05) is 10.6 Å². The fourth-order valence-corrected chi connectivity index (χ4v) is 3.21. The van der Waals surface area contributed by atoms with Crippen molar-refractivity contribution in [2.24, 2.45) is 0 Å². The van der Waals surface area contributed by atoms with Gasteiger partial charge in [-0.2, -0.15) is 0 Å². The van der Waals surface area contributed by atoms with E-state index in [1.807, 2.05) is 19.1 Å². The molecule has 1 aromatic heterocycles.